The third kappa shape index (κ3) is 2.52. The first-order valence-corrected chi connectivity index (χ1v) is 6.26. The maximum absolute atomic E-state index is 13.5. The third-order valence-electron chi connectivity index (χ3n) is 3.11. The fourth-order valence-electron chi connectivity index (χ4n) is 2.08. The van der Waals surface area contributed by atoms with Crippen molar-refractivity contribution >= 4 is 5.91 Å². The van der Waals surface area contributed by atoms with Crippen molar-refractivity contribution in [1.29, 1.82) is 0 Å². The van der Waals surface area contributed by atoms with Crippen LogP contribution in [0.5, 0.6) is 11.5 Å². The van der Waals surface area contributed by atoms with Gasteiger partial charge in [0.15, 0.2) is 23.1 Å². The summed E-state index contributed by atoms with van der Waals surface area (Å²) in [5.41, 5.74) is 0.370. The van der Waals surface area contributed by atoms with Crippen molar-refractivity contribution in [1.82, 2.24) is 5.32 Å². The van der Waals surface area contributed by atoms with E-state index < -0.39 is 17.5 Å². The first-order valence-electron chi connectivity index (χ1n) is 6.26. The molecule has 1 aliphatic rings. The summed E-state index contributed by atoms with van der Waals surface area (Å²) in [5, 5.41) is 2.53. The van der Waals surface area contributed by atoms with E-state index in [0.717, 1.165) is 6.07 Å². The standard InChI is InChI=1S/C15H11F2NO3/c16-11-5-2-4-10(13(11)17)15(19)18-7-9-3-1-6-12-14(9)21-8-20-12/h1-6H,7-8H2,(H,18,19). The topological polar surface area (TPSA) is 47.6 Å². The van der Waals surface area contributed by atoms with Gasteiger partial charge in [0.25, 0.3) is 5.91 Å². The molecule has 2 aromatic carbocycles. The van der Waals surface area contributed by atoms with Crippen LogP contribution in [0.25, 0.3) is 0 Å². The number of ether oxygens (including phenoxy) is 2. The number of halogens is 2. The van der Waals surface area contributed by atoms with Crippen LogP contribution in [-0.4, -0.2) is 12.7 Å². The number of rotatable bonds is 3. The molecule has 1 N–H and O–H groups in total. The smallest absolute Gasteiger partial charge is 0.254 e. The van der Waals surface area contributed by atoms with E-state index in [1.54, 1.807) is 18.2 Å². The Labute approximate surface area is 119 Å². The molecule has 3 rings (SSSR count). The number of carbonyl (C=O) groups is 1. The zero-order valence-electron chi connectivity index (χ0n) is 10.9. The Morgan fingerprint density at radius 1 is 1.14 bits per heavy atom. The molecule has 4 nitrogen and oxygen atoms in total. The van der Waals surface area contributed by atoms with Crippen LogP contribution in [0.4, 0.5) is 8.78 Å². The van der Waals surface area contributed by atoms with E-state index in [9.17, 15) is 13.6 Å². The van der Waals surface area contributed by atoms with Gasteiger partial charge in [0.05, 0.1) is 5.56 Å². The van der Waals surface area contributed by atoms with Crippen LogP contribution < -0.4 is 14.8 Å². The zero-order valence-corrected chi connectivity index (χ0v) is 10.9. The highest BCUT2D eigenvalue weighted by atomic mass is 19.2. The molecule has 108 valence electrons. The van der Waals surface area contributed by atoms with Gasteiger partial charge in [-0.3, -0.25) is 4.79 Å². The number of carbonyl (C=O) groups excluding carboxylic acids is 1. The first kappa shape index (κ1) is 13.4. The van der Waals surface area contributed by atoms with E-state index in [-0.39, 0.29) is 18.9 Å². The Bertz CT molecular complexity index is 703. The van der Waals surface area contributed by atoms with Gasteiger partial charge in [0.1, 0.15) is 0 Å². The van der Waals surface area contributed by atoms with Crippen molar-refractivity contribution in [2.24, 2.45) is 0 Å². The summed E-state index contributed by atoms with van der Waals surface area (Å²) in [5.74, 6) is -1.76. The minimum absolute atomic E-state index is 0.124. The van der Waals surface area contributed by atoms with Crippen molar-refractivity contribution < 1.29 is 23.0 Å². The van der Waals surface area contributed by atoms with Gasteiger partial charge in [-0.15, -0.1) is 0 Å². The van der Waals surface area contributed by atoms with Gasteiger partial charge < -0.3 is 14.8 Å². The van der Waals surface area contributed by atoms with Crippen molar-refractivity contribution in [2.75, 3.05) is 6.79 Å². The van der Waals surface area contributed by atoms with Crippen LogP contribution >= 0.6 is 0 Å². The van der Waals surface area contributed by atoms with Crippen molar-refractivity contribution in [2.45, 2.75) is 6.54 Å². The van der Waals surface area contributed by atoms with Crippen LogP contribution in [0.2, 0.25) is 0 Å². The van der Waals surface area contributed by atoms with E-state index in [0.29, 0.717) is 17.1 Å². The van der Waals surface area contributed by atoms with Gasteiger partial charge in [-0.25, -0.2) is 8.78 Å². The van der Waals surface area contributed by atoms with Gasteiger partial charge in [-0.2, -0.15) is 0 Å². The molecule has 0 aliphatic carbocycles. The largest absolute Gasteiger partial charge is 0.454 e. The molecule has 0 fully saturated rings. The summed E-state index contributed by atoms with van der Waals surface area (Å²) in [6.45, 7) is 0.250. The Hall–Kier alpha value is -2.63. The lowest BCUT2D eigenvalue weighted by atomic mass is 10.1. The van der Waals surface area contributed by atoms with Crippen LogP contribution in [0.3, 0.4) is 0 Å². The maximum Gasteiger partial charge on any atom is 0.254 e. The zero-order chi connectivity index (χ0) is 14.8. The number of hydrogen-bond acceptors (Lipinski definition) is 3. The van der Waals surface area contributed by atoms with Gasteiger partial charge in [0, 0.05) is 12.1 Å². The lowest BCUT2D eigenvalue weighted by molar-refractivity contribution is 0.0945. The molecule has 0 saturated heterocycles. The Morgan fingerprint density at radius 2 is 1.95 bits per heavy atom. The molecule has 1 amide bonds. The molecule has 0 saturated carbocycles. The van der Waals surface area contributed by atoms with Crippen molar-refractivity contribution in [3.8, 4) is 11.5 Å². The van der Waals surface area contributed by atoms with Crippen LogP contribution in [0.1, 0.15) is 15.9 Å². The monoisotopic (exact) mass is 291 g/mol. The highest BCUT2D eigenvalue weighted by Crippen LogP contribution is 2.35. The number of hydrogen-bond donors (Lipinski definition) is 1. The van der Waals surface area contributed by atoms with Gasteiger partial charge >= 0.3 is 0 Å². The van der Waals surface area contributed by atoms with Crippen LogP contribution in [-0.2, 0) is 6.54 Å². The lowest BCUT2D eigenvalue weighted by Gasteiger charge is -2.08. The molecule has 0 aromatic heterocycles. The molecule has 1 heterocycles. The molecule has 6 heteroatoms. The van der Waals surface area contributed by atoms with Crippen molar-refractivity contribution in [3.05, 3.63) is 59.2 Å². The van der Waals surface area contributed by atoms with Crippen molar-refractivity contribution in [3.63, 3.8) is 0 Å². The normalized spacial score (nSPS) is 12.3. The second-order valence-corrected chi connectivity index (χ2v) is 4.43. The minimum atomic E-state index is -1.16. The number of nitrogens with one attached hydrogen (secondary N) is 1. The predicted molar refractivity (Wildman–Crippen MR) is 70.1 cm³/mol. The fourth-order valence-corrected chi connectivity index (χ4v) is 2.08. The summed E-state index contributed by atoms with van der Waals surface area (Å²) < 4.78 is 37.1. The molecule has 21 heavy (non-hydrogen) atoms. The molecule has 0 unspecified atom stereocenters. The van der Waals surface area contributed by atoms with Gasteiger partial charge in [0.2, 0.25) is 6.79 Å². The summed E-state index contributed by atoms with van der Waals surface area (Å²) >= 11 is 0. The molecule has 0 spiro atoms. The first-order chi connectivity index (χ1) is 10.2. The Kier molecular flexibility index (Phi) is 3.43. The van der Waals surface area contributed by atoms with Gasteiger partial charge in [-0.1, -0.05) is 18.2 Å². The molecule has 0 radical (unpaired) electrons. The van der Waals surface area contributed by atoms with E-state index in [4.69, 9.17) is 9.47 Å². The van der Waals surface area contributed by atoms with E-state index in [1.165, 1.54) is 12.1 Å². The average molecular weight is 291 g/mol. The number of para-hydroxylation sites is 1. The Morgan fingerprint density at radius 3 is 2.81 bits per heavy atom. The SMILES string of the molecule is O=C(NCc1cccc2c1OCO2)c1cccc(F)c1F. The quantitative estimate of drug-likeness (QED) is 0.945. The maximum atomic E-state index is 13.5. The number of benzene rings is 2. The summed E-state index contributed by atoms with van der Waals surface area (Å²) in [4.78, 5) is 11.9. The van der Waals surface area contributed by atoms with Gasteiger partial charge in [-0.05, 0) is 18.2 Å². The average Bonchev–Trinajstić information content (AvgIpc) is 2.96. The van der Waals surface area contributed by atoms with E-state index in [2.05, 4.69) is 5.32 Å². The fraction of sp³-hybridized carbons (Fsp3) is 0.133. The molecular weight excluding hydrogens is 280 g/mol. The third-order valence-corrected chi connectivity index (χ3v) is 3.11. The van der Waals surface area contributed by atoms with E-state index in [1.807, 2.05) is 0 Å². The number of fused-ring (bicyclic) bond motifs is 1. The second kappa shape index (κ2) is 5.40. The van der Waals surface area contributed by atoms with E-state index >= 15 is 0 Å². The highest BCUT2D eigenvalue weighted by molar-refractivity contribution is 5.94. The minimum Gasteiger partial charge on any atom is -0.454 e. The predicted octanol–water partition coefficient (Wildman–Crippen LogP) is 2.62. The summed E-state index contributed by atoms with van der Waals surface area (Å²) in [6, 6.07) is 8.74. The Balaban J connectivity index is 1.75. The van der Waals surface area contributed by atoms with Crippen LogP contribution in [0.15, 0.2) is 36.4 Å². The summed E-state index contributed by atoms with van der Waals surface area (Å²) in [7, 11) is 0. The number of amides is 1. The molecular formula is C15H11F2NO3. The molecule has 1 aliphatic heterocycles. The lowest BCUT2D eigenvalue weighted by Crippen LogP contribution is -2.24. The van der Waals surface area contributed by atoms with Crippen LogP contribution in [0, 0.1) is 11.6 Å². The second-order valence-electron chi connectivity index (χ2n) is 4.43. The molecule has 2 aromatic rings. The molecule has 0 atom stereocenters. The molecule has 0 bridgehead atoms. The summed E-state index contributed by atoms with van der Waals surface area (Å²) in [6.07, 6.45) is 0. The highest BCUT2D eigenvalue weighted by Gasteiger charge is 2.19.